The molecule has 0 bridgehead atoms. The van der Waals surface area contributed by atoms with E-state index in [9.17, 15) is 9.90 Å². The van der Waals surface area contributed by atoms with E-state index < -0.39 is 5.60 Å². The zero-order valence-electron chi connectivity index (χ0n) is 9.93. The summed E-state index contributed by atoms with van der Waals surface area (Å²) in [7, 11) is 0. The minimum Gasteiger partial charge on any atom is -0.388 e. The number of aryl methyl sites for hydroxylation is 1. The highest BCUT2D eigenvalue weighted by atomic mass is 32.1. The van der Waals surface area contributed by atoms with Gasteiger partial charge in [0, 0.05) is 18.1 Å². The van der Waals surface area contributed by atoms with Crippen LogP contribution in [0.5, 0.6) is 0 Å². The second-order valence-electron chi connectivity index (χ2n) is 4.60. The highest BCUT2D eigenvalue weighted by molar-refractivity contribution is 7.09. The number of carbonyl (C=O) groups excluding carboxylic acids is 1. The van der Waals surface area contributed by atoms with Crippen LogP contribution in [0, 0.1) is 6.92 Å². The summed E-state index contributed by atoms with van der Waals surface area (Å²) in [5.41, 5.74) is -0.785. The molecule has 2 amide bonds. The van der Waals surface area contributed by atoms with E-state index in [2.05, 4.69) is 14.7 Å². The van der Waals surface area contributed by atoms with E-state index >= 15 is 0 Å². The molecule has 1 aliphatic heterocycles. The molecule has 0 spiro atoms. The average molecular weight is 256 g/mol. The highest BCUT2D eigenvalue weighted by Gasteiger charge is 2.31. The van der Waals surface area contributed by atoms with Crippen LogP contribution in [0.4, 0.5) is 9.93 Å². The van der Waals surface area contributed by atoms with E-state index in [0.29, 0.717) is 24.0 Å². The van der Waals surface area contributed by atoms with Crippen molar-refractivity contribution >= 4 is 22.7 Å². The monoisotopic (exact) mass is 256 g/mol. The lowest BCUT2D eigenvalue weighted by atomic mass is 9.95. The first-order chi connectivity index (χ1) is 7.96. The smallest absolute Gasteiger partial charge is 0.323 e. The zero-order valence-corrected chi connectivity index (χ0v) is 10.8. The molecule has 94 valence electrons. The Kier molecular flexibility index (Phi) is 3.30. The van der Waals surface area contributed by atoms with Gasteiger partial charge >= 0.3 is 6.03 Å². The number of amides is 2. The van der Waals surface area contributed by atoms with Crippen LogP contribution in [0.25, 0.3) is 0 Å². The zero-order chi connectivity index (χ0) is 12.5. The van der Waals surface area contributed by atoms with E-state index in [1.165, 1.54) is 0 Å². The number of hydrogen-bond donors (Lipinski definition) is 2. The molecule has 17 heavy (non-hydrogen) atoms. The molecule has 1 saturated heterocycles. The maximum absolute atomic E-state index is 11.9. The summed E-state index contributed by atoms with van der Waals surface area (Å²) in [6.45, 7) is 4.55. The van der Waals surface area contributed by atoms with Crippen LogP contribution in [0.3, 0.4) is 0 Å². The van der Waals surface area contributed by atoms with Crippen molar-refractivity contribution in [3.63, 3.8) is 0 Å². The minimum absolute atomic E-state index is 0.221. The van der Waals surface area contributed by atoms with Gasteiger partial charge in [-0.2, -0.15) is 4.37 Å². The molecule has 6 nitrogen and oxygen atoms in total. The first-order valence-electron chi connectivity index (χ1n) is 5.55. The van der Waals surface area contributed by atoms with Crippen molar-refractivity contribution in [2.24, 2.45) is 0 Å². The summed E-state index contributed by atoms with van der Waals surface area (Å²) in [5.74, 6) is 0.649. The Hall–Kier alpha value is -1.21. The Morgan fingerprint density at radius 1 is 1.65 bits per heavy atom. The third kappa shape index (κ3) is 3.13. The van der Waals surface area contributed by atoms with Crippen molar-refractivity contribution in [2.75, 3.05) is 18.4 Å². The molecule has 0 aromatic carbocycles. The summed E-state index contributed by atoms with van der Waals surface area (Å²) >= 11 is 1.16. The first kappa shape index (κ1) is 12.3. The Labute approximate surface area is 104 Å². The fraction of sp³-hybridized carbons (Fsp3) is 0.700. The molecule has 1 aliphatic rings. The quantitative estimate of drug-likeness (QED) is 0.792. The van der Waals surface area contributed by atoms with Crippen molar-refractivity contribution < 1.29 is 9.90 Å². The molecule has 1 atom stereocenters. The van der Waals surface area contributed by atoms with Gasteiger partial charge in [-0.1, -0.05) is 0 Å². The fourth-order valence-corrected chi connectivity index (χ4v) is 2.48. The van der Waals surface area contributed by atoms with Crippen molar-refractivity contribution in [3.05, 3.63) is 5.82 Å². The number of β-amino-alcohol motifs (C(OH)–C–C–N with tert-alkyl or cyclic N) is 1. The van der Waals surface area contributed by atoms with Crippen molar-refractivity contribution in [3.8, 4) is 0 Å². The lowest BCUT2D eigenvalue weighted by Crippen LogP contribution is -2.49. The number of urea groups is 1. The van der Waals surface area contributed by atoms with E-state index in [-0.39, 0.29) is 6.03 Å². The molecule has 0 saturated carbocycles. The maximum atomic E-state index is 11.9. The van der Waals surface area contributed by atoms with E-state index in [0.717, 1.165) is 24.4 Å². The molecule has 1 aromatic heterocycles. The normalized spacial score (nSPS) is 24.8. The molecule has 2 N–H and O–H groups in total. The van der Waals surface area contributed by atoms with Gasteiger partial charge in [0.15, 0.2) is 0 Å². The van der Waals surface area contributed by atoms with E-state index in [1.54, 1.807) is 18.7 Å². The molecule has 7 heteroatoms. The number of aliphatic hydroxyl groups is 1. The van der Waals surface area contributed by atoms with Crippen molar-refractivity contribution in [1.29, 1.82) is 0 Å². The number of piperidine rings is 1. The summed E-state index contributed by atoms with van der Waals surface area (Å²) in [6.07, 6.45) is 1.55. The molecular formula is C10H16N4O2S. The van der Waals surface area contributed by atoms with E-state index in [1.807, 2.05) is 0 Å². The van der Waals surface area contributed by atoms with Crippen LogP contribution < -0.4 is 5.32 Å². The predicted molar refractivity (Wildman–Crippen MR) is 65.1 cm³/mol. The van der Waals surface area contributed by atoms with Gasteiger partial charge in [-0.15, -0.1) is 0 Å². The summed E-state index contributed by atoms with van der Waals surface area (Å²) in [4.78, 5) is 17.6. The largest absolute Gasteiger partial charge is 0.388 e. The third-order valence-corrected chi connectivity index (χ3v) is 3.43. The number of likely N-dealkylation sites (tertiary alicyclic amines) is 1. The minimum atomic E-state index is -0.785. The molecule has 0 radical (unpaired) electrons. The summed E-state index contributed by atoms with van der Waals surface area (Å²) in [5, 5.41) is 13.1. The Morgan fingerprint density at radius 3 is 3.00 bits per heavy atom. The van der Waals surface area contributed by atoms with Gasteiger partial charge in [0.05, 0.1) is 12.1 Å². The number of nitrogens with one attached hydrogen (secondary N) is 1. The lowest BCUT2D eigenvalue weighted by molar-refractivity contribution is -0.000635. The van der Waals surface area contributed by atoms with Crippen LogP contribution in [-0.4, -0.2) is 44.1 Å². The van der Waals surface area contributed by atoms with Gasteiger partial charge in [0.2, 0.25) is 5.13 Å². The van der Waals surface area contributed by atoms with Crippen molar-refractivity contribution in [2.45, 2.75) is 32.3 Å². The third-order valence-electron chi connectivity index (χ3n) is 2.70. The number of carbonyl (C=O) groups is 1. The molecule has 2 rings (SSSR count). The highest BCUT2D eigenvalue weighted by Crippen LogP contribution is 2.21. The molecule has 2 heterocycles. The standard InChI is InChI=1S/C10H16N4O2S/c1-7-11-8(17-13-7)12-9(15)14-5-3-4-10(2,16)6-14/h16H,3-6H2,1-2H3,(H,11,12,13,15)/t10-/m1/s1. The molecule has 0 aliphatic carbocycles. The number of nitrogens with zero attached hydrogens (tertiary/aromatic N) is 3. The van der Waals surface area contributed by atoms with Crippen LogP contribution in [-0.2, 0) is 0 Å². The first-order valence-corrected chi connectivity index (χ1v) is 6.32. The molecule has 0 unspecified atom stereocenters. The van der Waals surface area contributed by atoms with Gasteiger partial charge in [-0.3, -0.25) is 5.32 Å². The summed E-state index contributed by atoms with van der Waals surface area (Å²) in [6, 6.07) is -0.221. The number of anilines is 1. The Balaban J connectivity index is 1.96. The van der Waals surface area contributed by atoms with Crippen LogP contribution in [0.15, 0.2) is 0 Å². The molecule has 1 fully saturated rings. The second-order valence-corrected chi connectivity index (χ2v) is 5.35. The number of rotatable bonds is 1. The van der Waals surface area contributed by atoms with Crippen LogP contribution in [0.1, 0.15) is 25.6 Å². The van der Waals surface area contributed by atoms with Crippen molar-refractivity contribution in [1.82, 2.24) is 14.3 Å². The average Bonchev–Trinajstić information content (AvgIpc) is 2.62. The predicted octanol–water partition coefficient (Wildman–Crippen LogP) is 1.23. The maximum Gasteiger partial charge on any atom is 0.323 e. The summed E-state index contributed by atoms with van der Waals surface area (Å²) < 4.78 is 3.99. The second kappa shape index (κ2) is 4.58. The number of hydrogen-bond acceptors (Lipinski definition) is 5. The molecule has 1 aromatic rings. The van der Waals surface area contributed by atoms with Gasteiger partial charge in [-0.25, -0.2) is 9.78 Å². The van der Waals surface area contributed by atoms with Crippen LogP contribution >= 0.6 is 11.5 Å². The number of aromatic nitrogens is 2. The van der Waals surface area contributed by atoms with Gasteiger partial charge in [0.1, 0.15) is 5.82 Å². The van der Waals surface area contributed by atoms with Gasteiger partial charge < -0.3 is 10.0 Å². The van der Waals surface area contributed by atoms with Crippen LogP contribution in [0.2, 0.25) is 0 Å². The topological polar surface area (TPSA) is 78.4 Å². The fourth-order valence-electron chi connectivity index (χ4n) is 1.91. The van der Waals surface area contributed by atoms with E-state index in [4.69, 9.17) is 0 Å². The Morgan fingerprint density at radius 2 is 2.41 bits per heavy atom. The lowest BCUT2D eigenvalue weighted by Gasteiger charge is -2.36. The Bertz CT molecular complexity index is 418. The van der Waals surface area contributed by atoms with Gasteiger partial charge in [0.25, 0.3) is 0 Å². The van der Waals surface area contributed by atoms with Gasteiger partial charge in [-0.05, 0) is 26.7 Å². The SMILES string of the molecule is Cc1nsc(NC(=O)N2CCC[C@@](C)(O)C2)n1. The molecular weight excluding hydrogens is 240 g/mol.